The molecular weight excluding hydrogens is 492 g/mol. The lowest BCUT2D eigenvalue weighted by molar-refractivity contribution is -0.137. The van der Waals surface area contributed by atoms with Crippen molar-refractivity contribution < 1.29 is 18.3 Å². The zero-order valence-electron chi connectivity index (χ0n) is 16.8. The number of carbonyl (C=O) groups excluding carboxylic acids is 1. The summed E-state index contributed by atoms with van der Waals surface area (Å²) in [4.78, 5) is 29.7. The number of pyridine rings is 1. The molecule has 0 radical (unpaired) electrons. The summed E-state index contributed by atoms with van der Waals surface area (Å²) in [5.41, 5.74) is 1.44. The van der Waals surface area contributed by atoms with Crippen LogP contribution in [0, 0.1) is 17.6 Å². The standard InChI is InChI=1S/C21H20BrF2N3O3S/c1-10(5-25-17-9-31-8-13(17)22)21(29)27(2)18-7-30-6-16-19(18)11-3-14(23)15(24)4-12(11)20(28)26-16/h3-4,8-10,18,25H,5-7H2,1-2H3,(H,26,28)/t10-,18?/m0/s1. The smallest absolute Gasteiger partial charge is 0.256 e. The number of nitrogens with zero attached hydrogens (tertiary/aromatic N) is 1. The molecule has 3 heterocycles. The van der Waals surface area contributed by atoms with Crippen molar-refractivity contribution in [1.29, 1.82) is 0 Å². The largest absolute Gasteiger partial charge is 0.383 e. The van der Waals surface area contributed by atoms with Crippen LogP contribution < -0.4 is 10.9 Å². The van der Waals surface area contributed by atoms with E-state index in [2.05, 4.69) is 26.2 Å². The Kier molecular flexibility index (Phi) is 6.14. The molecule has 0 bridgehead atoms. The fraction of sp³-hybridized carbons (Fsp3) is 0.333. The summed E-state index contributed by atoms with van der Waals surface area (Å²) in [7, 11) is 1.65. The van der Waals surface area contributed by atoms with Crippen LogP contribution in [0.15, 0.2) is 32.2 Å². The number of fused-ring (bicyclic) bond motifs is 3. The van der Waals surface area contributed by atoms with E-state index in [0.29, 0.717) is 23.2 Å². The van der Waals surface area contributed by atoms with Crippen molar-refractivity contribution in [2.75, 3.05) is 25.5 Å². The van der Waals surface area contributed by atoms with E-state index in [1.54, 1.807) is 23.3 Å². The summed E-state index contributed by atoms with van der Waals surface area (Å²) in [6, 6.07) is 1.37. The summed E-state index contributed by atoms with van der Waals surface area (Å²) >= 11 is 5.00. The molecule has 1 aromatic carbocycles. The number of H-pyrrole nitrogens is 1. The van der Waals surface area contributed by atoms with Crippen LogP contribution in [0.25, 0.3) is 10.8 Å². The van der Waals surface area contributed by atoms with Crippen LogP contribution in [0.1, 0.15) is 24.2 Å². The van der Waals surface area contributed by atoms with Crippen LogP contribution in [0.4, 0.5) is 14.5 Å². The second kappa shape index (κ2) is 8.68. The van der Waals surface area contributed by atoms with Crippen molar-refractivity contribution >= 4 is 49.6 Å². The summed E-state index contributed by atoms with van der Waals surface area (Å²) in [6.07, 6.45) is 0. The molecule has 10 heteroatoms. The number of hydrogen-bond donors (Lipinski definition) is 2. The van der Waals surface area contributed by atoms with Crippen LogP contribution >= 0.6 is 27.3 Å². The number of nitrogens with one attached hydrogen (secondary N) is 2. The van der Waals surface area contributed by atoms with Crippen molar-refractivity contribution in [3.63, 3.8) is 0 Å². The number of ether oxygens (including phenoxy) is 1. The first kappa shape index (κ1) is 21.9. The predicted molar refractivity (Wildman–Crippen MR) is 119 cm³/mol. The predicted octanol–water partition coefficient (Wildman–Crippen LogP) is 4.41. The number of halogens is 3. The molecular formula is C21H20BrF2N3O3S. The van der Waals surface area contributed by atoms with Gasteiger partial charge in [0.25, 0.3) is 5.56 Å². The second-order valence-electron chi connectivity index (χ2n) is 7.55. The minimum Gasteiger partial charge on any atom is -0.383 e. The average Bonchev–Trinajstić information content (AvgIpc) is 3.16. The monoisotopic (exact) mass is 511 g/mol. The van der Waals surface area contributed by atoms with Crippen molar-refractivity contribution in [1.82, 2.24) is 9.88 Å². The Morgan fingerprint density at radius 2 is 2.06 bits per heavy atom. The third kappa shape index (κ3) is 4.11. The topological polar surface area (TPSA) is 74.4 Å². The van der Waals surface area contributed by atoms with Gasteiger partial charge in [0.2, 0.25) is 5.91 Å². The maximum atomic E-state index is 14.0. The van der Waals surface area contributed by atoms with E-state index in [0.717, 1.165) is 22.3 Å². The summed E-state index contributed by atoms with van der Waals surface area (Å²) in [5.74, 6) is -2.63. The second-order valence-corrected chi connectivity index (χ2v) is 9.15. The molecule has 2 aromatic heterocycles. The van der Waals surface area contributed by atoms with Gasteiger partial charge < -0.3 is 19.9 Å². The highest BCUT2D eigenvalue weighted by Gasteiger charge is 2.32. The summed E-state index contributed by atoms with van der Waals surface area (Å²) in [5, 5.41) is 7.48. The molecule has 1 amide bonds. The van der Waals surface area contributed by atoms with E-state index >= 15 is 0 Å². The SMILES string of the molecule is C[C@@H](CNc1cscc1Br)C(=O)N(C)C1COCc2[nH]c(=O)c3cc(F)c(F)cc3c21. The van der Waals surface area contributed by atoms with Gasteiger partial charge in [-0.2, -0.15) is 0 Å². The number of hydrogen-bond acceptors (Lipinski definition) is 5. The molecule has 1 aliphatic heterocycles. The highest BCUT2D eigenvalue weighted by Crippen LogP contribution is 2.34. The van der Waals surface area contributed by atoms with Crippen LogP contribution in [-0.2, 0) is 16.1 Å². The molecule has 1 aliphatic rings. The average molecular weight is 512 g/mol. The van der Waals surface area contributed by atoms with Crippen molar-refractivity contribution in [3.8, 4) is 0 Å². The van der Waals surface area contributed by atoms with Crippen molar-refractivity contribution in [3.05, 3.63) is 60.6 Å². The first-order valence-corrected chi connectivity index (χ1v) is 11.3. The molecule has 2 N–H and O–H groups in total. The molecule has 0 fully saturated rings. The number of rotatable bonds is 5. The molecule has 0 spiro atoms. The minimum atomic E-state index is -1.09. The molecule has 2 atom stereocenters. The first-order chi connectivity index (χ1) is 14.8. The van der Waals surface area contributed by atoms with E-state index in [4.69, 9.17) is 4.74 Å². The van der Waals surface area contributed by atoms with E-state index in [1.165, 1.54) is 0 Å². The number of anilines is 1. The van der Waals surface area contributed by atoms with Crippen molar-refractivity contribution in [2.45, 2.75) is 19.6 Å². The number of aromatic nitrogens is 1. The Bertz CT molecular complexity index is 1210. The van der Waals surface area contributed by atoms with Gasteiger partial charge in [-0.15, -0.1) is 11.3 Å². The number of thiophene rings is 1. The molecule has 1 unspecified atom stereocenters. The molecule has 0 saturated heterocycles. The van der Waals surface area contributed by atoms with Gasteiger partial charge in [-0.1, -0.05) is 6.92 Å². The van der Waals surface area contributed by atoms with Gasteiger partial charge in [-0.3, -0.25) is 9.59 Å². The zero-order valence-corrected chi connectivity index (χ0v) is 19.2. The quantitative estimate of drug-likeness (QED) is 0.532. The Labute approximate surface area is 189 Å². The molecule has 0 aliphatic carbocycles. The molecule has 164 valence electrons. The lowest BCUT2D eigenvalue weighted by atomic mass is 9.94. The van der Waals surface area contributed by atoms with Gasteiger partial charge in [0, 0.05) is 35.6 Å². The molecule has 31 heavy (non-hydrogen) atoms. The third-order valence-corrected chi connectivity index (χ3v) is 7.19. The Balaban J connectivity index is 1.64. The van der Waals surface area contributed by atoms with Crippen LogP contribution in [0.3, 0.4) is 0 Å². The van der Waals surface area contributed by atoms with E-state index < -0.39 is 23.2 Å². The fourth-order valence-corrected chi connectivity index (χ4v) is 5.20. The fourth-order valence-electron chi connectivity index (χ4n) is 3.81. The van der Waals surface area contributed by atoms with Gasteiger partial charge >= 0.3 is 0 Å². The number of likely N-dealkylation sites (N-methyl/N-ethyl adjacent to an activating group) is 1. The lowest BCUT2D eigenvalue weighted by Crippen LogP contribution is -2.41. The zero-order chi connectivity index (χ0) is 22.3. The van der Waals surface area contributed by atoms with Crippen LogP contribution in [-0.4, -0.2) is 36.0 Å². The number of benzene rings is 1. The number of carbonyl (C=O) groups is 1. The number of aromatic amines is 1. The molecule has 0 saturated carbocycles. The van der Waals surface area contributed by atoms with E-state index in [-0.39, 0.29) is 30.4 Å². The Morgan fingerprint density at radius 3 is 2.74 bits per heavy atom. The van der Waals surface area contributed by atoms with Gasteiger partial charge in [0.15, 0.2) is 11.6 Å². The normalized spacial score (nSPS) is 16.7. The maximum Gasteiger partial charge on any atom is 0.256 e. The highest BCUT2D eigenvalue weighted by molar-refractivity contribution is 9.10. The molecule has 3 aromatic rings. The lowest BCUT2D eigenvalue weighted by Gasteiger charge is -2.35. The van der Waals surface area contributed by atoms with Crippen LogP contribution in [0.5, 0.6) is 0 Å². The third-order valence-electron chi connectivity index (χ3n) is 5.49. The molecule has 6 nitrogen and oxygen atoms in total. The Morgan fingerprint density at radius 1 is 1.35 bits per heavy atom. The Hall–Kier alpha value is -2.30. The van der Waals surface area contributed by atoms with Gasteiger partial charge in [0.1, 0.15) is 0 Å². The highest BCUT2D eigenvalue weighted by atomic mass is 79.9. The van der Waals surface area contributed by atoms with E-state index in [1.807, 2.05) is 17.7 Å². The van der Waals surface area contributed by atoms with Gasteiger partial charge in [0.05, 0.1) is 40.7 Å². The maximum absolute atomic E-state index is 14.0. The van der Waals surface area contributed by atoms with E-state index in [9.17, 15) is 18.4 Å². The summed E-state index contributed by atoms with van der Waals surface area (Å²) < 4.78 is 34.3. The molecule has 4 rings (SSSR count). The number of amides is 1. The first-order valence-electron chi connectivity index (χ1n) is 9.61. The van der Waals surface area contributed by atoms with Crippen LogP contribution in [0.2, 0.25) is 0 Å². The van der Waals surface area contributed by atoms with Gasteiger partial charge in [-0.25, -0.2) is 8.78 Å². The van der Waals surface area contributed by atoms with Crippen molar-refractivity contribution in [2.24, 2.45) is 5.92 Å². The van der Waals surface area contributed by atoms with Gasteiger partial charge in [-0.05, 0) is 33.4 Å². The minimum absolute atomic E-state index is 0.0439. The summed E-state index contributed by atoms with van der Waals surface area (Å²) in [6.45, 7) is 2.55.